The van der Waals surface area contributed by atoms with Crippen molar-refractivity contribution in [3.05, 3.63) is 34.9 Å². The normalized spacial score (nSPS) is 16.0. The highest BCUT2D eigenvalue weighted by atomic mass is 35.5. The molecule has 2 rings (SSSR count). The van der Waals surface area contributed by atoms with Gasteiger partial charge in [-0.05, 0) is 44.4 Å². The number of carboxylic acid groups (broad SMARTS) is 1. The Balaban J connectivity index is 2.26. The molecule has 1 fully saturated rings. The molecule has 1 aromatic carbocycles. The van der Waals surface area contributed by atoms with Crippen molar-refractivity contribution < 1.29 is 14.7 Å². The highest BCUT2D eigenvalue weighted by Gasteiger charge is 2.53. The van der Waals surface area contributed by atoms with Gasteiger partial charge in [-0.15, -0.1) is 0 Å². The first-order valence-corrected chi connectivity index (χ1v) is 7.03. The molecule has 0 atom stereocenters. The summed E-state index contributed by atoms with van der Waals surface area (Å²) < 4.78 is 0. The Labute approximate surface area is 123 Å². The molecule has 4 nitrogen and oxygen atoms in total. The van der Waals surface area contributed by atoms with Crippen LogP contribution in [0.25, 0.3) is 0 Å². The van der Waals surface area contributed by atoms with Crippen molar-refractivity contribution in [1.29, 1.82) is 0 Å². The van der Waals surface area contributed by atoms with Crippen molar-refractivity contribution in [2.45, 2.75) is 38.1 Å². The number of rotatable bonds is 5. The van der Waals surface area contributed by atoms with E-state index in [0.717, 1.165) is 18.4 Å². The first-order valence-electron chi connectivity index (χ1n) is 6.66. The second-order valence-corrected chi connectivity index (χ2v) is 5.95. The minimum Gasteiger partial charge on any atom is -0.480 e. The van der Waals surface area contributed by atoms with Gasteiger partial charge in [-0.25, -0.2) is 0 Å². The molecule has 1 amide bonds. The van der Waals surface area contributed by atoms with E-state index in [1.807, 2.05) is 26.0 Å². The summed E-state index contributed by atoms with van der Waals surface area (Å²) in [5, 5.41) is 9.59. The van der Waals surface area contributed by atoms with Crippen LogP contribution in [0.1, 0.15) is 32.3 Å². The van der Waals surface area contributed by atoms with Crippen molar-refractivity contribution in [3.8, 4) is 0 Å². The molecule has 0 unspecified atom stereocenters. The average molecular weight is 296 g/mol. The number of benzene rings is 1. The molecule has 0 saturated heterocycles. The molecule has 1 aliphatic rings. The SMILES string of the molecule is CC(C)N(CC(=O)O)C(=O)C1(c2ccc(Cl)cc2)CC1. The van der Waals surface area contributed by atoms with Gasteiger partial charge in [-0.1, -0.05) is 23.7 Å². The molecule has 5 heteroatoms. The van der Waals surface area contributed by atoms with E-state index >= 15 is 0 Å². The topological polar surface area (TPSA) is 57.6 Å². The van der Waals surface area contributed by atoms with E-state index in [0.29, 0.717) is 5.02 Å². The highest BCUT2D eigenvalue weighted by molar-refractivity contribution is 6.30. The molecule has 1 N–H and O–H groups in total. The van der Waals surface area contributed by atoms with E-state index in [1.54, 1.807) is 12.1 Å². The van der Waals surface area contributed by atoms with Gasteiger partial charge in [0, 0.05) is 11.1 Å². The monoisotopic (exact) mass is 295 g/mol. The van der Waals surface area contributed by atoms with Gasteiger partial charge in [0.2, 0.25) is 5.91 Å². The van der Waals surface area contributed by atoms with Crippen LogP contribution in [0.3, 0.4) is 0 Å². The third-order valence-electron chi connectivity index (χ3n) is 3.75. The summed E-state index contributed by atoms with van der Waals surface area (Å²) in [6.07, 6.45) is 1.52. The fourth-order valence-electron chi connectivity index (χ4n) is 2.43. The first-order chi connectivity index (χ1) is 9.36. The summed E-state index contributed by atoms with van der Waals surface area (Å²) in [6.45, 7) is 3.41. The molecule has 0 aromatic heterocycles. The Morgan fingerprint density at radius 3 is 2.25 bits per heavy atom. The second-order valence-electron chi connectivity index (χ2n) is 5.51. The summed E-state index contributed by atoms with van der Waals surface area (Å²) in [6, 6.07) is 7.10. The standard InChI is InChI=1S/C15H18ClNO3/c1-10(2)17(9-13(18)19)14(20)15(7-8-15)11-3-5-12(16)6-4-11/h3-6,10H,7-9H2,1-2H3,(H,18,19). The van der Waals surface area contributed by atoms with Gasteiger partial charge in [0.05, 0.1) is 5.41 Å². The molecular formula is C15H18ClNO3. The van der Waals surface area contributed by atoms with Crippen molar-refractivity contribution in [2.24, 2.45) is 0 Å². The molecule has 0 heterocycles. The molecule has 0 aliphatic heterocycles. The third kappa shape index (κ3) is 2.80. The Bertz CT molecular complexity index is 520. The molecule has 0 spiro atoms. The molecule has 20 heavy (non-hydrogen) atoms. The number of hydrogen-bond acceptors (Lipinski definition) is 2. The Hall–Kier alpha value is -1.55. The maximum absolute atomic E-state index is 12.7. The van der Waals surface area contributed by atoms with E-state index in [4.69, 9.17) is 16.7 Å². The van der Waals surface area contributed by atoms with Crippen LogP contribution in [-0.2, 0) is 15.0 Å². The maximum atomic E-state index is 12.7. The quantitative estimate of drug-likeness (QED) is 0.908. The molecule has 1 saturated carbocycles. The minimum atomic E-state index is -0.987. The zero-order valence-electron chi connectivity index (χ0n) is 11.6. The number of carbonyl (C=O) groups is 2. The number of nitrogens with zero attached hydrogens (tertiary/aromatic N) is 1. The van der Waals surface area contributed by atoms with Gasteiger partial charge in [0.1, 0.15) is 6.54 Å². The van der Waals surface area contributed by atoms with Gasteiger partial charge < -0.3 is 10.0 Å². The zero-order valence-corrected chi connectivity index (χ0v) is 12.4. The minimum absolute atomic E-state index is 0.0998. The van der Waals surface area contributed by atoms with Crippen LogP contribution in [0.4, 0.5) is 0 Å². The lowest BCUT2D eigenvalue weighted by Gasteiger charge is -2.29. The lowest BCUT2D eigenvalue weighted by molar-refractivity contribution is -0.147. The van der Waals surface area contributed by atoms with Crippen molar-refractivity contribution in [1.82, 2.24) is 4.90 Å². The Kier molecular flexibility index (Phi) is 4.04. The highest BCUT2D eigenvalue weighted by Crippen LogP contribution is 2.50. The average Bonchev–Trinajstić information content (AvgIpc) is 3.17. The van der Waals surface area contributed by atoms with E-state index in [1.165, 1.54) is 4.90 Å². The number of halogens is 1. The third-order valence-corrected chi connectivity index (χ3v) is 4.00. The molecule has 1 aliphatic carbocycles. The fourth-order valence-corrected chi connectivity index (χ4v) is 2.56. The smallest absolute Gasteiger partial charge is 0.323 e. The second kappa shape index (κ2) is 5.44. The van der Waals surface area contributed by atoms with Crippen LogP contribution in [0.2, 0.25) is 5.02 Å². The molecule has 0 radical (unpaired) electrons. The van der Waals surface area contributed by atoms with Crippen LogP contribution in [-0.4, -0.2) is 34.5 Å². The van der Waals surface area contributed by atoms with E-state index in [2.05, 4.69) is 0 Å². The number of hydrogen-bond donors (Lipinski definition) is 1. The van der Waals surface area contributed by atoms with Crippen LogP contribution in [0, 0.1) is 0 Å². The number of aliphatic carboxylic acids is 1. The summed E-state index contributed by atoms with van der Waals surface area (Å²) in [5.41, 5.74) is 0.368. The molecular weight excluding hydrogens is 278 g/mol. The van der Waals surface area contributed by atoms with Gasteiger partial charge >= 0.3 is 5.97 Å². The molecule has 0 bridgehead atoms. The largest absolute Gasteiger partial charge is 0.480 e. The first kappa shape index (κ1) is 14.9. The van der Waals surface area contributed by atoms with Crippen LogP contribution < -0.4 is 0 Å². The molecule has 1 aromatic rings. The van der Waals surface area contributed by atoms with E-state index < -0.39 is 11.4 Å². The predicted octanol–water partition coefficient (Wildman–Crippen LogP) is 2.69. The van der Waals surface area contributed by atoms with Crippen LogP contribution in [0.15, 0.2) is 24.3 Å². The lowest BCUT2D eigenvalue weighted by atomic mass is 9.94. The zero-order chi connectivity index (χ0) is 14.9. The van der Waals surface area contributed by atoms with E-state index in [-0.39, 0.29) is 18.5 Å². The Morgan fingerprint density at radius 2 is 1.85 bits per heavy atom. The van der Waals surface area contributed by atoms with Gasteiger partial charge in [-0.3, -0.25) is 9.59 Å². The van der Waals surface area contributed by atoms with Crippen molar-refractivity contribution in [3.63, 3.8) is 0 Å². The fraction of sp³-hybridized carbons (Fsp3) is 0.467. The number of carbonyl (C=O) groups excluding carboxylic acids is 1. The van der Waals surface area contributed by atoms with Gasteiger partial charge in [-0.2, -0.15) is 0 Å². The van der Waals surface area contributed by atoms with Gasteiger partial charge in [0.15, 0.2) is 0 Å². The predicted molar refractivity (Wildman–Crippen MR) is 76.8 cm³/mol. The number of carboxylic acids is 1. The lowest BCUT2D eigenvalue weighted by Crippen LogP contribution is -2.46. The Morgan fingerprint density at radius 1 is 1.30 bits per heavy atom. The summed E-state index contributed by atoms with van der Waals surface area (Å²) in [7, 11) is 0. The maximum Gasteiger partial charge on any atom is 0.323 e. The summed E-state index contributed by atoms with van der Waals surface area (Å²) in [5.74, 6) is -1.09. The van der Waals surface area contributed by atoms with Gasteiger partial charge in [0.25, 0.3) is 0 Å². The summed E-state index contributed by atoms with van der Waals surface area (Å²) >= 11 is 5.87. The summed E-state index contributed by atoms with van der Waals surface area (Å²) in [4.78, 5) is 25.1. The van der Waals surface area contributed by atoms with Crippen LogP contribution >= 0.6 is 11.6 Å². The van der Waals surface area contributed by atoms with Crippen molar-refractivity contribution >= 4 is 23.5 Å². The van der Waals surface area contributed by atoms with Crippen LogP contribution in [0.5, 0.6) is 0 Å². The van der Waals surface area contributed by atoms with E-state index in [9.17, 15) is 9.59 Å². The number of amides is 1. The van der Waals surface area contributed by atoms with Crippen molar-refractivity contribution in [2.75, 3.05) is 6.54 Å². The molecule has 108 valence electrons.